The number of hydrogen-bond donors (Lipinski definition) is 0. The van der Waals surface area contributed by atoms with Crippen LogP contribution in [-0.2, 0) is 4.74 Å². The van der Waals surface area contributed by atoms with Gasteiger partial charge in [0.2, 0.25) is 0 Å². The molecule has 90 valence electrons. The van der Waals surface area contributed by atoms with E-state index in [0.29, 0.717) is 6.61 Å². The highest BCUT2D eigenvalue weighted by molar-refractivity contribution is 7.17. The van der Waals surface area contributed by atoms with E-state index in [1.165, 1.54) is 6.33 Å². The van der Waals surface area contributed by atoms with Crippen molar-refractivity contribution in [3.8, 4) is 0 Å². The number of nitrogens with zero attached hydrogens (tertiary/aromatic N) is 3. The second kappa shape index (κ2) is 4.19. The van der Waals surface area contributed by atoms with Crippen molar-refractivity contribution in [3.05, 3.63) is 17.8 Å². The first-order valence-corrected chi connectivity index (χ1v) is 6.28. The second-order valence-electron chi connectivity index (χ2n) is 4.06. The zero-order valence-electron chi connectivity index (χ0n) is 9.34. The highest BCUT2D eigenvalue weighted by atomic mass is 32.1. The topological polar surface area (TPSA) is 38.2 Å². The van der Waals surface area contributed by atoms with Gasteiger partial charge in [-0.05, 0) is 11.4 Å². The van der Waals surface area contributed by atoms with Crippen LogP contribution in [0.15, 0.2) is 17.8 Å². The molecule has 1 fully saturated rings. The summed E-state index contributed by atoms with van der Waals surface area (Å²) in [6.07, 6.45) is 0.564. The molecule has 0 aliphatic carbocycles. The van der Waals surface area contributed by atoms with Crippen LogP contribution in [-0.4, -0.2) is 42.4 Å². The predicted octanol–water partition coefficient (Wildman–Crippen LogP) is 1.86. The minimum absolute atomic E-state index is 0.174. The highest BCUT2D eigenvalue weighted by Crippen LogP contribution is 2.30. The number of likely N-dealkylation sites (N-methyl/N-ethyl adjacent to an activating group) is 1. The zero-order chi connectivity index (χ0) is 11.8. The Hall–Kier alpha value is -1.27. The Balaban J connectivity index is 2.00. The smallest absolute Gasteiger partial charge is 0.150 e. The average molecular weight is 253 g/mol. The quantitative estimate of drug-likeness (QED) is 0.819. The number of ether oxygens (including phenoxy) is 1. The molecule has 0 unspecified atom stereocenters. The largest absolute Gasteiger partial charge is 0.376 e. The van der Waals surface area contributed by atoms with Crippen molar-refractivity contribution in [3.63, 3.8) is 0 Å². The van der Waals surface area contributed by atoms with E-state index >= 15 is 0 Å². The summed E-state index contributed by atoms with van der Waals surface area (Å²) < 4.78 is 19.8. The molecule has 17 heavy (non-hydrogen) atoms. The Labute approximate surface area is 102 Å². The van der Waals surface area contributed by atoms with Gasteiger partial charge < -0.3 is 9.64 Å². The zero-order valence-corrected chi connectivity index (χ0v) is 10.2. The van der Waals surface area contributed by atoms with E-state index in [1.807, 2.05) is 23.4 Å². The number of halogens is 1. The van der Waals surface area contributed by atoms with Crippen molar-refractivity contribution in [2.24, 2.45) is 0 Å². The first-order valence-electron chi connectivity index (χ1n) is 5.40. The summed E-state index contributed by atoms with van der Waals surface area (Å²) in [6, 6.07) is 1.69. The monoisotopic (exact) mass is 253 g/mol. The van der Waals surface area contributed by atoms with Crippen LogP contribution >= 0.6 is 11.3 Å². The van der Waals surface area contributed by atoms with Gasteiger partial charge in [0.1, 0.15) is 18.3 Å². The minimum Gasteiger partial charge on any atom is -0.376 e. The van der Waals surface area contributed by atoms with Gasteiger partial charge in [-0.3, -0.25) is 0 Å². The van der Waals surface area contributed by atoms with Gasteiger partial charge in [0, 0.05) is 7.05 Å². The van der Waals surface area contributed by atoms with Crippen LogP contribution in [0.3, 0.4) is 0 Å². The first kappa shape index (κ1) is 10.9. The van der Waals surface area contributed by atoms with Crippen molar-refractivity contribution in [2.45, 2.75) is 12.2 Å². The molecule has 0 aromatic carbocycles. The van der Waals surface area contributed by atoms with Crippen LogP contribution in [0.25, 0.3) is 10.2 Å². The van der Waals surface area contributed by atoms with Crippen LogP contribution in [0.5, 0.6) is 0 Å². The molecule has 3 heterocycles. The molecule has 0 amide bonds. The molecule has 2 atom stereocenters. The van der Waals surface area contributed by atoms with Crippen LogP contribution in [0.4, 0.5) is 10.2 Å². The number of thiophene rings is 1. The summed E-state index contributed by atoms with van der Waals surface area (Å²) in [5.41, 5.74) is 0.904. The Morgan fingerprint density at radius 3 is 3.12 bits per heavy atom. The maximum Gasteiger partial charge on any atom is 0.150 e. The summed E-state index contributed by atoms with van der Waals surface area (Å²) >= 11 is 1.57. The standard InChI is InChI=1S/C11H12FN3OS/c1-15(9-5-16-4-7(9)12)11-10-8(2-3-17-10)13-6-14-11/h2-3,6-7,9H,4-5H2,1H3/t7-,9-/m1/s1. The second-order valence-corrected chi connectivity index (χ2v) is 4.98. The number of alkyl halides is 1. The molecule has 0 N–H and O–H groups in total. The molecule has 3 rings (SSSR count). The first-order chi connectivity index (χ1) is 8.27. The van der Waals surface area contributed by atoms with Gasteiger partial charge in [0.15, 0.2) is 0 Å². The fourth-order valence-corrected chi connectivity index (χ4v) is 2.93. The third-order valence-electron chi connectivity index (χ3n) is 3.04. The number of rotatable bonds is 2. The maximum absolute atomic E-state index is 13.6. The number of hydrogen-bond acceptors (Lipinski definition) is 5. The van der Waals surface area contributed by atoms with Gasteiger partial charge in [0.05, 0.1) is 29.5 Å². The average Bonchev–Trinajstić information content (AvgIpc) is 2.95. The highest BCUT2D eigenvalue weighted by Gasteiger charge is 2.32. The molecule has 0 radical (unpaired) electrons. The van der Waals surface area contributed by atoms with Crippen molar-refractivity contribution >= 4 is 27.4 Å². The summed E-state index contributed by atoms with van der Waals surface area (Å²) in [6.45, 7) is 0.586. The molecule has 2 aromatic heterocycles. The fourth-order valence-electron chi connectivity index (χ4n) is 2.06. The van der Waals surface area contributed by atoms with E-state index in [-0.39, 0.29) is 12.6 Å². The number of anilines is 1. The molecular weight excluding hydrogens is 241 g/mol. The fraction of sp³-hybridized carbons (Fsp3) is 0.455. The van der Waals surface area contributed by atoms with Crippen molar-refractivity contribution in [1.29, 1.82) is 0 Å². The Morgan fingerprint density at radius 1 is 1.47 bits per heavy atom. The van der Waals surface area contributed by atoms with Gasteiger partial charge >= 0.3 is 0 Å². The Morgan fingerprint density at radius 2 is 2.35 bits per heavy atom. The molecule has 0 spiro atoms. The van der Waals surface area contributed by atoms with E-state index < -0.39 is 6.17 Å². The summed E-state index contributed by atoms with van der Waals surface area (Å²) in [4.78, 5) is 10.3. The van der Waals surface area contributed by atoms with Gasteiger partial charge in [0.25, 0.3) is 0 Å². The Bertz CT molecular complexity index is 532. The van der Waals surface area contributed by atoms with Crippen LogP contribution in [0.2, 0.25) is 0 Å². The SMILES string of the molecule is CN(c1ncnc2ccsc12)[C@@H]1COC[C@H]1F. The Kier molecular flexibility index (Phi) is 2.68. The van der Waals surface area contributed by atoms with Gasteiger partial charge in [-0.25, -0.2) is 14.4 Å². The molecule has 2 aromatic rings. The number of fused-ring (bicyclic) bond motifs is 1. The number of aromatic nitrogens is 2. The lowest BCUT2D eigenvalue weighted by atomic mass is 10.2. The normalized spacial score (nSPS) is 24.4. The lowest BCUT2D eigenvalue weighted by Gasteiger charge is -2.25. The van der Waals surface area contributed by atoms with E-state index in [9.17, 15) is 4.39 Å². The van der Waals surface area contributed by atoms with Gasteiger partial charge in [-0.15, -0.1) is 11.3 Å². The lowest BCUT2D eigenvalue weighted by molar-refractivity contribution is 0.173. The molecule has 1 aliphatic rings. The summed E-state index contributed by atoms with van der Waals surface area (Å²) in [5.74, 6) is 0.781. The third-order valence-corrected chi connectivity index (χ3v) is 3.94. The van der Waals surface area contributed by atoms with Gasteiger partial charge in [-0.1, -0.05) is 0 Å². The van der Waals surface area contributed by atoms with Crippen LogP contribution in [0.1, 0.15) is 0 Å². The van der Waals surface area contributed by atoms with Crippen LogP contribution in [0, 0.1) is 0 Å². The third kappa shape index (κ3) is 1.77. The van der Waals surface area contributed by atoms with E-state index in [0.717, 1.165) is 16.0 Å². The summed E-state index contributed by atoms with van der Waals surface area (Å²) in [7, 11) is 1.85. The molecule has 1 saturated heterocycles. The van der Waals surface area contributed by atoms with Crippen LogP contribution < -0.4 is 4.90 Å². The van der Waals surface area contributed by atoms with Crippen molar-refractivity contribution in [2.75, 3.05) is 25.2 Å². The van der Waals surface area contributed by atoms with E-state index in [1.54, 1.807) is 11.3 Å². The maximum atomic E-state index is 13.6. The van der Waals surface area contributed by atoms with E-state index in [4.69, 9.17) is 4.74 Å². The minimum atomic E-state index is -0.954. The van der Waals surface area contributed by atoms with Gasteiger partial charge in [-0.2, -0.15) is 0 Å². The molecule has 1 aliphatic heterocycles. The van der Waals surface area contributed by atoms with E-state index in [2.05, 4.69) is 9.97 Å². The van der Waals surface area contributed by atoms with Crippen molar-refractivity contribution < 1.29 is 9.13 Å². The predicted molar refractivity (Wildman–Crippen MR) is 65.3 cm³/mol. The molecule has 4 nitrogen and oxygen atoms in total. The van der Waals surface area contributed by atoms with Crippen molar-refractivity contribution in [1.82, 2.24) is 9.97 Å². The molecule has 0 bridgehead atoms. The molecule has 0 saturated carbocycles. The lowest BCUT2D eigenvalue weighted by Crippen LogP contribution is -2.39. The molecular formula is C11H12FN3OS. The summed E-state index contributed by atoms with van der Waals surface area (Å²) in [5, 5.41) is 1.97. The molecule has 6 heteroatoms.